The van der Waals surface area contributed by atoms with Crippen LogP contribution in [-0.2, 0) is 4.79 Å². The lowest BCUT2D eigenvalue weighted by Gasteiger charge is -2.10. The van der Waals surface area contributed by atoms with E-state index in [9.17, 15) is 4.79 Å². The average molecular weight is 218 g/mol. The summed E-state index contributed by atoms with van der Waals surface area (Å²) in [6.45, 7) is 2.61. The number of nitrogens with one attached hydrogen (secondary N) is 1. The Balaban J connectivity index is 2.71. The number of benzene rings is 1. The maximum absolute atomic E-state index is 11.2. The molecule has 0 aliphatic heterocycles. The average Bonchev–Trinajstić information content (AvgIpc) is 2.28. The van der Waals surface area contributed by atoms with Gasteiger partial charge in [-0.1, -0.05) is 19.1 Å². The molecule has 0 bridgehead atoms. The van der Waals surface area contributed by atoms with Crippen LogP contribution < -0.4 is 10.1 Å². The summed E-state index contributed by atoms with van der Waals surface area (Å²) in [7, 11) is 0. The number of carbonyl (C=O) groups is 1. The second-order valence-electron chi connectivity index (χ2n) is 3.23. The number of amides is 1. The predicted octanol–water partition coefficient (Wildman–Crippen LogP) is 2.33. The van der Waals surface area contributed by atoms with Gasteiger partial charge < -0.3 is 10.1 Å². The van der Waals surface area contributed by atoms with Crippen molar-refractivity contribution in [1.82, 2.24) is 0 Å². The Morgan fingerprint density at radius 3 is 2.94 bits per heavy atom. The van der Waals surface area contributed by atoms with Gasteiger partial charge in [0.05, 0.1) is 18.4 Å². The van der Waals surface area contributed by atoms with E-state index < -0.39 is 0 Å². The molecule has 0 heterocycles. The van der Waals surface area contributed by atoms with Gasteiger partial charge in [-0.25, -0.2) is 0 Å². The Labute approximate surface area is 94.8 Å². The van der Waals surface area contributed by atoms with Crippen molar-refractivity contribution < 1.29 is 9.53 Å². The van der Waals surface area contributed by atoms with Crippen molar-refractivity contribution >= 4 is 11.6 Å². The molecule has 1 N–H and O–H groups in total. The molecule has 0 saturated heterocycles. The van der Waals surface area contributed by atoms with Gasteiger partial charge in [-0.05, 0) is 18.6 Å². The van der Waals surface area contributed by atoms with Gasteiger partial charge >= 0.3 is 0 Å². The first kappa shape index (κ1) is 12.1. The van der Waals surface area contributed by atoms with Crippen molar-refractivity contribution in [1.29, 1.82) is 5.26 Å². The standard InChI is InChI=1S/C12H14N2O2/c1-2-9-16-11-6-4-3-5-10(11)14-12(15)7-8-13/h3-6H,2,7,9H2,1H3,(H,14,15). The summed E-state index contributed by atoms with van der Waals surface area (Å²) < 4.78 is 5.47. The molecule has 0 unspecified atom stereocenters. The summed E-state index contributed by atoms with van der Waals surface area (Å²) in [6, 6.07) is 8.98. The molecule has 1 amide bonds. The SMILES string of the molecule is CCCOc1ccccc1NC(=O)CC#N. The second-order valence-corrected chi connectivity index (χ2v) is 3.23. The number of anilines is 1. The van der Waals surface area contributed by atoms with Crippen LogP contribution in [0.3, 0.4) is 0 Å². The van der Waals surface area contributed by atoms with E-state index in [4.69, 9.17) is 10.00 Å². The number of para-hydroxylation sites is 2. The highest BCUT2D eigenvalue weighted by Crippen LogP contribution is 2.23. The fourth-order valence-corrected chi connectivity index (χ4v) is 1.17. The highest BCUT2D eigenvalue weighted by molar-refractivity contribution is 5.93. The van der Waals surface area contributed by atoms with Crippen molar-refractivity contribution in [2.75, 3.05) is 11.9 Å². The molecule has 0 aromatic heterocycles. The van der Waals surface area contributed by atoms with Crippen molar-refractivity contribution in [2.24, 2.45) is 0 Å². The minimum absolute atomic E-state index is 0.151. The van der Waals surface area contributed by atoms with Gasteiger partial charge in [0.2, 0.25) is 5.91 Å². The third-order valence-electron chi connectivity index (χ3n) is 1.86. The van der Waals surface area contributed by atoms with E-state index in [1.165, 1.54) is 0 Å². The summed E-state index contributed by atoms with van der Waals surface area (Å²) in [5, 5.41) is 11.0. The minimum atomic E-state index is -0.324. The topological polar surface area (TPSA) is 62.1 Å². The largest absolute Gasteiger partial charge is 0.491 e. The lowest BCUT2D eigenvalue weighted by molar-refractivity contribution is -0.115. The minimum Gasteiger partial charge on any atom is -0.491 e. The van der Waals surface area contributed by atoms with E-state index in [0.717, 1.165) is 6.42 Å². The summed E-state index contributed by atoms with van der Waals surface area (Å²) in [5.41, 5.74) is 0.608. The van der Waals surface area contributed by atoms with Crippen LogP contribution in [0, 0.1) is 11.3 Å². The fraction of sp³-hybridized carbons (Fsp3) is 0.333. The monoisotopic (exact) mass is 218 g/mol. The van der Waals surface area contributed by atoms with Gasteiger partial charge in [0, 0.05) is 0 Å². The molecular weight excluding hydrogens is 204 g/mol. The van der Waals surface area contributed by atoms with E-state index in [2.05, 4.69) is 5.32 Å². The highest BCUT2D eigenvalue weighted by atomic mass is 16.5. The Morgan fingerprint density at radius 1 is 1.50 bits per heavy atom. The molecule has 4 heteroatoms. The molecule has 0 spiro atoms. The van der Waals surface area contributed by atoms with E-state index in [1.54, 1.807) is 24.3 Å². The first-order valence-electron chi connectivity index (χ1n) is 5.16. The Morgan fingerprint density at radius 2 is 2.25 bits per heavy atom. The first-order chi connectivity index (χ1) is 7.77. The summed E-state index contributed by atoms with van der Waals surface area (Å²) >= 11 is 0. The molecule has 4 nitrogen and oxygen atoms in total. The van der Waals surface area contributed by atoms with Gasteiger partial charge in [0.15, 0.2) is 0 Å². The Hall–Kier alpha value is -2.02. The van der Waals surface area contributed by atoms with Crippen LogP contribution in [0.2, 0.25) is 0 Å². The molecule has 0 radical (unpaired) electrons. The Kier molecular flexibility index (Phi) is 4.87. The predicted molar refractivity (Wildman–Crippen MR) is 61.1 cm³/mol. The smallest absolute Gasteiger partial charge is 0.238 e. The van der Waals surface area contributed by atoms with Crippen LogP contribution in [0.4, 0.5) is 5.69 Å². The zero-order valence-corrected chi connectivity index (χ0v) is 9.19. The van der Waals surface area contributed by atoms with Gasteiger partial charge in [-0.15, -0.1) is 0 Å². The molecule has 1 aromatic carbocycles. The molecule has 0 aliphatic carbocycles. The number of hydrogen-bond acceptors (Lipinski definition) is 3. The number of ether oxygens (including phenoxy) is 1. The molecule has 0 saturated carbocycles. The molecular formula is C12H14N2O2. The molecule has 1 rings (SSSR count). The zero-order valence-electron chi connectivity index (χ0n) is 9.19. The molecule has 0 atom stereocenters. The van der Waals surface area contributed by atoms with Crippen LogP contribution in [0.1, 0.15) is 19.8 Å². The molecule has 16 heavy (non-hydrogen) atoms. The summed E-state index contributed by atoms with van der Waals surface area (Å²) in [4.78, 5) is 11.2. The van der Waals surface area contributed by atoms with Crippen LogP contribution >= 0.6 is 0 Å². The van der Waals surface area contributed by atoms with Crippen molar-refractivity contribution in [2.45, 2.75) is 19.8 Å². The maximum atomic E-state index is 11.2. The van der Waals surface area contributed by atoms with Crippen molar-refractivity contribution in [3.05, 3.63) is 24.3 Å². The van der Waals surface area contributed by atoms with Crippen LogP contribution in [0.25, 0.3) is 0 Å². The molecule has 84 valence electrons. The van der Waals surface area contributed by atoms with Crippen LogP contribution in [-0.4, -0.2) is 12.5 Å². The van der Waals surface area contributed by atoms with Crippen LogP contribution in [0.5, 0.6) is 5.75 Å². The molecule has 1 aromatic rings. The quantitative estimate of drug-likeness (QED) is 0.825. The van der Waals surface area contributed by atoms with Crippen molar-refractivity contribution in [3.8, 4) is 11.8 Å². The number of nitriles is 1. The number of nitrogens with zero attached hydrogens (tertiary/aromatic N) is 1. The van der Waals surface area contributed by atoms with E-state index in [1.807, 2.05) is 13.0 Å². The van der Waals surface area contributed by atoms with Gasteiger partial charge in [-0.2, -0.15) is 5.26 Å². The molecule has 0 fully saturated rings. The lowest BCUT2D eigenvalue weighted by atomic mass is 10.3. The highest BCUT2D eigenvalue weighted by Gasteiger charge is 2.06. The number of hydrogen-bond donors (Lipinski definition) is 1. The van der Waals surface area contributed by atoms with Gasteiger partial charge in [-0.3, -0.25) is 4.79 Å². The van der Waals surface area contributed by atoms with Gasteiger partial charge in [0.25, 0.3) is 0 Å². The normalized spacial score (nSPS) is 9.25. The number of carbonyl (C=O) groups excluding carboxylic acids is 1. The fourth-order valence-electron chi connectivity index (χ4n) is 1.17. The third kappa shape index (κ3) is 3.62. The summed E-state index contributed by atoms with van der Waals surface area (Å²) in [5.74, 6) is 0.311. The second kappa shape index (κ2) is 6.46. The van der Waals surface area contributed by atoms with E-state index >= 15 is 0 Å². The maximum Gasteiger partial charge on any atom is 0.238 e. The lowest BCUT2D eigenvalue weighted by Crippen LogP contribution is -2.11. The molecule has 0 aliphatic rings. The third-order valence-corrected chi connectivity index (χ3v) is 1.86. The zero-order chi connectivity index (χ0) is 11.8. The van der Waals surface area contributed by atoms with Gasteiger partial charge in [0.1, 0.15) is 12.2 Å². The summed E-state index contributed by atoms with van der Waals surface area (Å²) in [6.07, 6.45) is 0.753. The first-order valence-corrected chi connectivity index (χ1v) is 5.16. The van der Waals surface area contributed by atoms with Crippen molar-refractivity contribution in [3.63, 3.8) is 0 Å². The van der Waals surface area contributed by atoms with E-state index in [-0.39, 0.29) is 12.3 Å². The number of rotatable bonds is 5. The van der Waals surface area contributed by atoms with Crippen LogP contribution in [0.15, 0.2) is 24.3 Å². The Bertz CT molecular complexity index is 396. The van der Waals surface area contributed by atoms with E-state index in [0.29, 0.717) is 18.0 Å².